The lowest BCUT2D eigenvalue weighted by Crippen LogP contribution is -2.19. The predicted octanol–water partition coefficient (Wildman–Crippen LogP) is 5.45. The van der Waals surface area contributed by atoms with Crippen LogP contribution in [-0.4, -0.2) is 18.1 Å². The van der Waals surface area contributed by atoms with Crippen LogP contribution in [0.3, 0.4) is 0 Å². The van der Waals surface area contributed by atoms with Crippen LogP contribution in [0.1, 0.15) is 35.4 Å². The van der Waals surface area contributed by atoms with E-state index in [4.69, 9.17) is 5.73 Å². The van der Waals surface area contributed by atoms with Gasteiger partial charge < -0.3 is 16.4 Å². The van der Waals surface area contributed by atoms with E-state index in [0.29, 0.717) is 11.4 Å². The summed E-state index contributed by atoms with van der Waals surface area (Å²) in [5.41, 5.74) is 6.83. The number of benzene rings is 1. The van der Waals surface area contributed by atoms with Gasteiger partial charge in [0.25, 0.3) is 0 Å². The third-order valence-corrected chi connectivity index (χ3v) is 6.16. The number of thiophene rings is 1. The molecule has 0 spiro atoms. The maximum atomic E-state index is 13.1. The van der Waals surface area contributed by atoms with Gasteiger partial charge in [-0.3, -0.25) is 0 Å². The fourth-order valence-electron chi connectivity index (χ4n) is 3.46. The number of nitrogens with zero attached hydrogens (tertiary/aromatic N) is 1. The lowest BCUT2D eigenvalue weighted by Gasteiger charge is -2.18. The molecule has 0 aliphatic carbocycles. The van der Waals surface area contributed by atoms with Crippen LogP contribution < -0.4 is 16.4 Å². The van der Waals surface area contributed by atoms with Crippen molar-refractivity contribution < 1.29 is 13.2 Å². The molecule has 152 valence electrons. The first-order valence-corrected chi connectivity index (χ1v) is 10.2. The fraction of sp³-hybridized carbons (Fsp3) is 0.286. The molecule has 2 aromatic heterocycles. The van der Waals surface area contributed by atoms with Gasteiger partial charge in [-0.1, -0.05) is 6.08 Å². The van der Waals surface area contributed by atoms with Crippen LogP contribution in [0.25, 0.3) is 15.7 Å². The van der Waals surface area contributed by atoms with Crippen LogP contribution in [0.5, 0.6) is 0 Å². The zero-order valence-corrected chi connectivity index (χ0v) is 16.6. The molecule has 29 heavy (non-hydrogen) atoms. The number of hydrogen-bond acceptors (Lipinski definition) is 5. The molecule has 1 aliphatic heterocycles. The standard InChI is InChI=1S/C21H21F3N4S/c1-12(14-8-15(21(22,23)24)10-16(25)9-14)28-20-17-11-19(13-2-5-26-6-3-13)29-18(17)4-7-27-20/h2,4,7-12,26H,3,5-6,25H2,1H3,(H,27,28)/t12-/m1/s1. The Morgan fingerprint density at radius 1 is 1.24 bits per heavy atom. The maximum absolute atomic E-state index is 13.1. The minimum atomic E-state index is -4.44. The van der Waals surface area contributed by atoms with Crippen LogP contribution in [0.2, 0.25) is 0 Å². The summed E-state index contributed by atoms with van der Waals surface area (Å²) < 4.78 is 40.5. The molecule has 4 rings (SSSR count). The van der Waals surface area contributed by atoms with Crippen molar-refractivity contribution in [3.63, 3.8) is 0 Å². The second kappa shape index (κ2) is 7.68. The van der Waals surface area contributed by atoms with Crippen molar-refractivity contribution in [3.05, 3.63) is 58.6 Å². The molecule has 8 heteroatoms. The Labute approximate surface area is 170 Å². The number of fused-ring (bicyclic) bond motifs is 1. The van der Waals surface area contributed by atoms with Gasteiger partial charge in [0, 0.05) is 33.4 Å². The van der Waals surface area contributed by atoms with Gasteiger partial charge in [0.15, 0.2) is 0 Å². The summed E-state index contributed by atoms with van der Waals surface area (Å²) in [6, 6.07) is 7.33. The minimum Gasteiger partial charge on any atom is -0.399 e. The number of pyridine rings is 1. The van der Waals surface area contributed by atoms with Gasteiger partial charge in [-0.25, -0.2) is 4.98 Å². The maximum Gasteiger partial charge on any atom is 0.416 e. The first-order chi connectivity index (χ1) is 13.8. The van der Waals surface area contributed by atoms with E-state index in [9.17, 15) is 13.2 Å². The number of anilines is 2. The van der Waals surface area contributed by atoms with E-state index in [0.717, 1.165) is 41.7 Å². The molecule has 0 saturated carbocycles. The Morgan fingerprint density at radius 3 is 2.79 bits per heavy atom. The van der Waals surface area contributed by atoms with Gasteiger partial charge in [-0.15, -0.1) is 11.3 Å². The van der Waals surface area contributed by atoms with Gasteiger partial charge in [0.1, 0.15) is 5.82 Å². The van der Waals surface area contributed by atoms with Crippen LogP contribution in [0, 0.1) is 0 Å². The largest absolute Gasteiger partial charge is 0.416 e. The summed E-state index contributed by atoms with van der Waals surface area (Å²) in [4.78, 5) is 5.64. The number of alkyl halides is 3. The van der Waals surface area contributed by atoms with Crippen molar-refractivity contribution in [3.8, 4) is 0 Å². The SMILES string of the molecule is C[C@@H](Nc1nccc2sc(C3=CCNCC3)cc12)c1cc(N)cc(C(F)(F)F)c1. The van der Waals surface area contributed by atoms with Crippen molar-refractivity contribution >= 4 is 38.5 Å². The van der Waals surface area contributed by atoms with Gasteiger partial charge >= 0.3 is 6.18 Å². The molecule has 4 N–H and O–H groups in total. The number of rotatable bonds is 4. The average molecular weight is 418 g/mol. The Bertz CT molecular complexity index is 1070. The topological polar surface area (TPSA) is 63.0 Å². The van der Waals surface area contributed by atoms with Gasteiger partial charge in [-0.05, 0) is 61.4 Å². The second-order valence-electron chi connectivity index (χ2n) is 7.12. The van der Waals surface area contributed by atoms with E-state index in [1.807, 2.05) is 6.07 Å². The molecular weight excluding hydrogens is 397 g/mol. The Kier molecular flexibility index (Phi) is 5.23. The highest BCUT2D eigenvalue weighted by Gasteiger charge is 2.31. The molecule has 0 fully saturated rings. The van der Waals surface area contributed by atoms with Crippen molar-refractivity contribution in [2.75, 3.05) is 24.1 Å². The molecule has 1 aromatic carbocycles. The summed E-state index contributed by atoms with van der Waals surface area (Å²) >= 11 is 1.70. The molecule has 0 saturated heterocycles. The fourth-order valence-corrected chi connectivity index (χ4v) is 4.59. The quantitative estimate of drug-likeness (QED) is 0.493. The van der Waals surface area contributed by atoms with E-state index in [-0.39, 0.29) is 11.7 Å². The highest BCUT2D eigenvalue weighted by molar-refractivity contribution is 7.20. The van der Waals surface area contributed by atoms with Crippen LogP contribution >= 0.6 is 11.3 Å². The van der Waals surface area contributed by atoms with Crippen molar-refractivity contribution in [1.29, 1.82) is 0 Å². The number of nitrogen functional groups attached to an aromatic ring is 1. The van der Waals surface area contributed by atoms with Gasteiger partial charge in [0.2, 0.25) is 0 Å². The molecule has 0 unspecified atom stereocenters. The lowest BCUT2D eigenvalue weighted by molar-refractivity contribution is -0.137. The summed E-state index contributed by atoms with van der Waals surface area (Å²) in [6.07, 6.45) is 0.452. The summed E-state index contributed by atoms with van der Waals surface area (Å²) in [5, 5.41) is 7.54. The molecule has 3 heterocycles. The lowest BCUT2D eigenvalue weighted by atomic mass is 10.0. The van der Waals surface area contributed by atoms with Crippen molar-refractivity contribution in [2.24, 2.45) is 0 Å². The van der Waals surface area contributed by atoms with Crippen LogP contribution in [0.4, 0.5) is 24.7 Å². The second-order valence-corrected chi connectivity index (χ2v) is 8.20. The van der Waals surface area contributed by atoms with E-state index in [2.05, 4.69) is 27.8 Å². The van der Waals surface area contributed by atoms with Crippen LogP contribution in [-0.2, 0) is 6.18 Å². The van der Waals surface area contributed by atoms with E-state index in [1.165, 1.54) is 10.5 Å². The predicted molar refractivity (Wildman–Crippen MR) is 113 cm³/mol. The van der Waals surface area contributed by atoms with Gasteiger partial charge in [0.05, 0.1) is 11.6 Å². The molecule has 1 atom stereocenters. The summed E-state index contributed by atoms with van der Waals surface area (Å²) in [6.45, 7) is 3.62. The average Bonchev–Trinajstić information content (AvgIpc) is 3.13. The number of aromatic nitrogens is 1. The molecule has 0 bridgehead atoms. The zero-order chi connectivity index (χ0) is 20.6. The molecule has 0 radical (unpaired) electrons. The first kappa shape index (κ1) is 19.7. The molecule has 1 aliphatic rings. The number of halogens is 3. The van der Waals surface area contributed by atoms with E-state index in [1.54, 1.807) is 30.5 Å². The first-order valence-electron chi connectivity index (χ1n) is 9.34. The number of nitrogens with one attached hydrogen (secondary N) is 2. The van der Waals surface area contributed by atoms with E-state index < -0.39 is 11.7 Å². The van der Waals surface area contributed by atoms with Crippen LogP contribution in [0.15, 0.2) is 42.6 Å². The molecule has 0 amide bonds. The Morgan fingerprint density at radius 2 is 2.07 bits per heavy atom. The summed E-state index contributed by atoms with van der Waals surface area (Å²) in [7, 11) is 0. The third-order valence-electron chi connectivity index (χ3n) is 4.98. The van der Waals surface area contributed by atoms with Gasteiger partial charge in [-0.2, -0.15) is 13.2 Å². The smallest absolute Gasteiger partial charge is 0.399 e. The number of nitrogens with two attached hydrogens (primary N) is 1. The normalized spacial score (nSPS) is 15.9. The van der Waals surface area contributed by atoms with E-state index >= 15 is 0 Å². The van der Waals surface area contributed by atoms with Crippen molar-refractivity contribution in [2.45, 2.75) is 25.6 Å². The third kappa shape index (κ3) is 4.23. The Balaban J connectivity index is 1.65. The number of hydrogen-bond donors (Lipinski definition) is 3. The minimum absolute atomic E-state index is 0.0882. The molecular formula is C21H21F3N4S. The highest BCUT2D eigenvalue weighted by atomic mass is 32.1. The zero-order valence-electron chi connectivity index (χ0n) is 15.8. The highest BCUT2D eigenvalue weighted by Crippen LogP contribution is 2.37. The molecule has 4 nitrogen and oxygen atoms in total. The van der Waals surface area contributed by atoms with Crippen molar-refractivity contribution in [1.82, 2.24) is 10.3 Å². The Hall–Kier alpha value is -2.58. The summed E-state index contributed by atoms with van der Waals surface area (Å²) in [5.74, 6) is 0.656. The monoisotopic (exact) mass is 418 g/mol. The molecule has 3 aromatic rings.